The Bertz CT molecular complexity index is 722. The van der Waals surface area contributed by atoms with Crippen molar-refractivity contribution in [3.8, 4) is 11.5 Å². The predicted molar refractivity (Wildman–Crippen MR) is 104 cm³/mol. The number of nitrogens with zero attached hydrogens (tertiary/aromatic N) is 1. The minimum atomic E-state index is -0.120. The van der Waals surface area contributed by atoms with Crippen LogP contribution in [-0.4, -0.2) is 37.6 Å². The van der Waals surface area contributed by atoms with Crippen molar-refractivity contribution in [1.29, 1.82) is 0 Å². The van der Waals surface area contributed by atoms with Crippen LogP contribution in [0.5, 0.6) is 11.5 Å². The van der Waals surface area contributed by atoms with Gasteiger partial charge < -0.3 is 20.1 Å². The van der Waals surface area contributed by atoms with Crippen LogP contribution in [0, 0.1) is 0 Å². The largest absolute Gasteiger partial charge is 0.493 e. The summed E-state index contributed by atoms with van der Waals surface area (Å²) in [6.07, 6.45) is 0.723. The number of carbonyl (C=O) groups is 1. The molecular formula is C20H25ClN2O3. The van der Waals surface area contributed by atoms with Crippen molar-refractivity contribution >= 4 is 17.5 Å². The van der Waals surface area contributed by atoms with E-state index in [1.54, 1.807) is 17.0 Å². The fraction of sp³-hybridized carbons (Fsp3) is 0.350. The van der Waals surface area contributed by atoms with Gasteiger partial charge in [0.2, 0.25) is 0 Å². The number of halogens is 1. The van der Waals surface area contributed by atoms with Gasteiger partial charge in [0.05, 0.1) is 18.7 Å². The molecule has 2 aromatic rings. The van der Waals surface area contributed by atoms with E-state index < -0.39 is 0 Å². The van der Waals surface area contributed by atoms with E-state index in [0.717, 1.165) is 12.0 Å². The van der Waals surface area contributed by atoms with E-state index in [4.69, 9.17) is 26.8 Å². The second kappa shape index (κ2) is 10.0. The van der Waals surface area contributed by atoms with Crippen LogP contribution in [0.25, 0.3) is 0 Å². The van der Waals surface area contributed by atoms with Gasteiger partial charge in [-0.15, -0.1) is 0 Å². The van der Waals surface area contributed by atoms with Gasteiger partial charge in [0.1, 0.15) is 0 Å². The Balaban J connectivity index is 2.30. The number of hydrogen-bond donors (Lipinski definition) is 1. The maximum Gasteiger partial charge on any atom is 0.254 e. The summed E-state index contributed by atoms with van der Waals surface area (Å²) in [5.41, 5.74) is 7.16. The molecule has 0 atom stereocenters. The van der Waals surface area contributed by atoms with Gasteiger partial charge in [-0.25, -0.2) is 0 Å². The van der Waals surface area contributed by atoms with E-state index in [9.17, 15) is 4.79 Å². The van der Waals surface area contributed by atoms with Crippen molar-refractivity contribution in [2.75, 3.05) is 26.8 Å². The van der Waals surface area contributed by atoms with Gasteiger partial charge in [-0.2, -0.15) is 0 Å². The fourth-order valence-corrected chi connectivity index (χ4v) is 2.91. The molecule has 0 bridgehead atoms. The average molecular weight is 377 g/mol. The van der Waals surface area contributed by atoms with Crippen molar-refractivity contribution in [3.05, 3.63) is 58.6 Å². The zero-order valence-corrected chi connectivity index (χ0v) is 16.0. The molecular weight excluding hydrogens is 352 g/mol. The Morgan fingerprint density at radius 1 is 1.23 bits per heavy atom. The van der Waals surface area contributed by atoms with Crippen molar-refractivity contribution in [1.82, 2.24) is 4.90 Å². The van der Waals surface area contributed by atoms with Crippen LogP contribution in [0.2, 0.25) is 5.02 Å². The second-order valence-corrected chi connectivity index (χ2v) is 6.18. The zero-order chi connectivity index (χ0) is 18.9. The van der Waals surface area contributed by atoms with Gasteiger partial charge in [-0.3, -0.25) is 4.79 Å². The molecule has 2 rings (SSSR count). The first-order chi connectivity index (χ1) is 12.6. The van der Waals surface area contributed by atoms with Crippen LogP contribution in [-0.2, 0) is 6.54 Å². The van der Waals surface area contributed by atoms with Crippen LogP contribution in [0.4, 0.5) is 0 Å². The minimum Gasteiger partial charge on any atom is -0.493 e. The smallest absolute Gasteiger partial charge is 0.254 e. The van der Waals surface area contributed by atoms with Gasteiger partial charge in [-0.05, 0) is 37.6 Å². The number of hydrogen-bond acceptors (Lipinski definition) is 4. The monoisotopic (exact) mass is 376 g/mol. The standard InChI is InChI=1S/C20H25ClN2O3/c1-3-26-19-17(21)12-16(13-18(19)25-2)20(24)23(11-7-10-22)14-15-8-5-4-6-9-15/h4-6,8-9,12-13H,3,7,10-11,14,22H2,1-2H3. The van der Waals surface area contributed by atoms with Crippen LogP contribution < -0.4 is 15.2 Å². The topological polar surface area (TPSA) is 64.8 Å². The lowest BCUT2D eigenvalue weighted by Crippen LogP contribution is -2.32. The number of amides is 1. The molecule has 5 nitrogen and oxygen atoms in total. The lowest BCUT2D eigenvalue weighted by molar-refractivity contribution is 0.0742. The minimum absolute atomic E-state index is 0.120. The summed E-state index contributed by atoms with van der Waals surface area (Å²) < 4.78 is 10.9. The average Bonchev–Trinajstić information content (AvgIpc) is 2.66. The number of ether oxygens (including phenoxy) is 2. The first-order valence-electron chi connectivity index (χ1n) is 8.64. The molecule has 2 aromatic carbocycles. The molecule has 2 N–H and O–H groups in total. The maximum absolute atomic E-state index is 13.1. The van der Waals surface area contributed by atoms with E-state index in [1.807, 2.05) is 37.3 Å². The molecule has 1 amide bonds. The molecule has 0 aliphatic carbocycles. The quantitative estimate of drug-likeness (QED) is 0.724. The second-order valence-electron chi connectivity index (χ2n) is 5.78. The maximum atomic E-state index is 13.1. The normalized spacial score (nSPS) is 10.5. The Labute approximate surface area is 159 Å². The van der Waals surface area contributed by atoms with Gasteiger partial charge in [0.25, 0.3) is 5.91 Å². The molecule has 0 saturated heterocycles. The molecule has 0 unspecified atom stereocenters. The Hall–Kier alpha value is -2.24. The SMILES string of the molecule is CCOc1c(Cl)cc(C(=O)N(CCCN)Cc2ccccc2)cc1OC. The highest BCUT2D eigenvalue weighted by molar-refractivity contribution is 6.32. The van der Waals surface area contributed by atoms with Crippen molar-refractivity contribution in [3.63, 3.8) is 0 Å². The van der Waals surface area contributed by atoms with E-state index >= 15 is 0 Å². The van der Waals surface area contributed by atoms with Gasteiger partial charge >= 0.3 is 0 Å². The van der Waals surface area contributed by atoms with E-state index in [2.05, 4.69) is 0 Å². The van der Waals surface area contributed by atoms with Crippen LogP contribution in [0.1, 0.15) is 29.3 Å². The first kappa shape index (κ1) is 20.1. The number of benzene rings is 2. The summed E-state index contributed by atoms with van der Waals surface area (Å²) in [4.78, 5) is 14.8. The Morgan fingerprint density at radius 3 is 2.58 bits per heavy atom. The zero-order valence-electron chi connectivity index (χ0n) is 15.2. The fourth-order valence-electron chi connectivity index (χ4n) is 2.65. The Kier molecular flexibility index (Phi) is 7.75. The molecule has 0 aromatic heterocycles. The lowest BCUT2D eigenvalue weighted by atomic mass is 10.1. The number of methoxy groups -OCH3 is 1. The highest BCUT2D eigenvalue weighted by Gasteiger charge is 2.20. The van der Waals surface area contributed by atoms with Gasteiger partial charge in [-0.1, -0.05) is 41.9 Å². The van der Waals surface area contributed by atoms with Crippen LogP contribution >= 0.6 is 11.6 Å². The molecule has 0 radical (unpaired) electrons. The lowest BCUT2D eigenvalue weighted by Gasteiger charge is -2.23. The predicted octanol–water partition coefficient (Wildman–Crippen LogP) is 3.74. The third-order valence-electron chi connectivity index (χ3n) is 3.90. The van der Waals surface area contributed by atoms with Crippen molar-refractivity contribution in [2.45, 2.75) is 19.9 Å². The molecule has 0 spiro atoms. The molecule has 0 saturated carbocycles. The molecule has 140 valence electrons. The summed E-state index contributed by atoms with van der Waals surface area (Å²) in [5.74, 6) is 0.775. The highest BCUT2D eigenvalue weighted by atomic mass is 35.5. The molecule has 0 heterocycles. The molecule has 6 heteroatoms. The molecule has 0 fully saturated rings. The van der Waals surface area contributed by atoms with Crippen molar-refractivity contribution in [2.24, 2.45) is 5.73 Å². The van der Waals surface area contributed by atoms with E-state index in [-0.39, 0.29) is 5.91 Å². The third kappa shape index (κ3) is 5.13. The highest BCUT2D eigenvalue weighted by Crippen LogP contribution is 2.36. The summed E-state index contributed by atoms with van der Waals surface area (Å²) >= 11 is 6.31. The van der Waals surface area contributed by atoms with E-state index in [0.29, 0.717) is 48.3 Å². The third-order valence-corrected chi connectivity index (χ3v) is 4.18. The molecule has 26 heavy (non-hydrogen) atoms. The summed E-state index contributed by atoms with van der Waals surface area (Å²) in [5, 5.41) is 0.355. The first-order valence-corrected chi connectivity index (χ1v) is 9.02. The summed E-state index contributed by atoms with van der Waals surface area (Å²) in [6, 6.07) is 13.1. The summed E-state index contributed by atoms with van der Waals surface area (Å²) in [6.45, 7) is 3.92. The number of carbonyl (C=O) groups excluding carboxylic acids is 1. The van der Waals surface area contributed by atoms with Gasteiger partial charge in [0, 0.05) is 18.7 Å². The van der Waals surface area contributed by atoms with Crippen molar-refractivity contribution < 1.29 is 14.3 Å². The Morgan fingerprint density at radius 2 is 1.96 bits per heavy atom. The van der Waals surface area contributed by atoms with Gasteiger partial charge in [0.15, 0.2) is 11.5 Å². The van der Waals surface area contributed by atoms with E-state index in [1.165, 1.54) is 7.11 Å². The number of rotatable bonds is 9. The van der Waals surface area contributed by atoms with Crippen LogP contribution in [0.3, 0.4) is 0 Å². The number of nitrogens with two attached hydrogens (primary N) is 1. The van der Waals surface area contributed by atoms with Crippen LogP contribution in [0.15, 0.2) is 42.5 Å². The molecule has 0 aliphatic rings. The molecule has 0 aliphatic heterocycles. The summed E-state index contributed by atoms with van der Waals surface area (Å²) in [7, 11) is 1.53.